The van der Waals surface area contributed by atoms with Crippen molar-refractivity contribution >= 4 is 23.3 Å². The first-order chi connectivity index (χ1) is 17.9. The quantitative estimate of drug-likeness (QED) is 0.277. The van der Waals surface area contributed by atoms with Crippen LogP contribution < -0.4 is 16.4 Å². The number of aromatic hydroxyl groups is 1. The first-order valence-corrected chi connectivity index (χ1v) is 12.7. The smallest absolute Gasteiger partial charge is 0.151 e. The number of hydrogen-bond acceptors (Lipinski definition) is 7. The van der Waals surface area contributed by atoms with E-state index in [0.717, 1.165) is 25.8 Å². The second kappa shape index (κ2) is 22.1. The normalized spacial score (nSPS) is 14.6. The van der Waals surface area contributed by atoms with E-state index >= 15 is 0 Å². The van der Waals surface area contributed by atoms with Crippen LogP contribution in [0.5, 0.6) is 5.75 Å². The van der Waals surface area contributed by atoms with Gasteiger partial charge in [0.25, 0.3) is 0 Å². The summed E-state index contributed by atoms with van der Waals surface area (Å²) >= 11 is 0. The molecule has 1 aliphatic heterocycles. The highest BCUT2D eigenvalue weighted by Gasteiger charge is 2.33. The van der Waals surface area contributed by atoms with Crippen molar-refractivity contribution in [2.75, 3.05) is 27.2 Å². The third-order valence-electron chi connectivity index (χ3n) is 4.78. The van der Waals surface area contributed by atoms with Crippen molar-refractivity contribution in [1.29, 1.82) is 0 Å². The zero-order valence-electron chi connectivity index (χ0n) is 22.9. The van der Waals surface area contributed by atoms with Crippen molar-refractivity contribution in [3.05, 3.63) is 77.9 Å². The van der Waals surface area contributed by atoms with Gasteiger partial charge in [-0.1, -0.05) is 68.8 Å². The van der Waals surface area contributed by atoms with Gasteiger partial charge in [0.2, 0.25) is 0 Å². The lowest BCUT2D eigenvalue weighted by atomic mass is 10.1. The van der Waals surface area contributed by atoms with E-state index in [1.54, 1.807) is 12.1 Å². The van der Waals surface area contributed by atoms with Crippen molar-refractivity contribution in [2.45, 2.75) is 52.4 Å². The number of rotatable bonds is 7. The Morgan fingerprint density at radius 3 is 1.89 bits per heavy atom. The number of ether oxygens (including phenoxy) is 1. The number of aldehydes is 2. The molecule has 0 unspecified atom stereocenters. The first-order valence-electron chi connectivity index (χ1n) is 12.7. The van der Waals surface area contributed by atoms with Crippen LogP contribution in [0, 0.1) is 0 Å². The molecule has 1 saturated heterocycles. The third-order valence-corrected chi connectivity index (χ3v) is 4.78. The Kier molecular flexibility index (Phi) is 20.3. The van der Waals surface area contributed by atoms with Crippen molar-refractivity contribution in [3.63, 3.8) is 0 Å². The fraction of sp³-hybridized carbons (Fsp3) is 0.400. The fourth-order valence-corrected chi connectivity index (χ4v) is 2.83. The number of carbonyl (C=O) groups is 2. The van der Waals surface area contributed by atoms with Gasteiger partial charge in [-0.15, -0.1) is 0 Å². The van der Waals surface area contributed by atoms with E-state index in [-0.39, 0.29) is 18.8 Å². The zero-order valence-corrected chi connectivity index (χ0v) is 22.9. The van der Waals surface area contributed by atoms with Gasteiger partial charge < -0.3 is 35.8 Å². The molecule has 7 heteroatoms. The Morgan fingerprint density at radius 1 is 0.919 bits per heavy atom. The number of phenols is 1. The predicted molar refractivity (Wildman–Crippen MR) is 154 cm³/mol. The molecule has 4 rings (SSSR count). The Balaban J connectivity index is 0.000000486. The number of benzene rings is 3. The van der Waals surface area contributed by atoms with Gasteiger partial charge in [-0.3, -0.25) is 0 Å². The summed E-state index contributed by atoms with van der Waals surface area (Å²) in [6.07, 6.45) is 3.86. The van der Waals surface area contributed by atoms with Crippen molar-refractivity contribution in [2.24, 2.45) is 5.73 Å². The van der Waals surface area contributed by atoms with E-state index in [0.29, 0.717) is 12.0 Å². The predicted octanol–water partition coefficient (Wildman–Crippen LogP) is 4.25. The Labute approximate surface area is 222 Å². The second-order valence-corrected chi connectivity index (χ2v) is 8.28. The highest BCUT2D eigenvalue weighted by atomic mass is 16.6. The third kappa shape index (κ3) is 17.1. The van der Waals surface area contributed by atoms with Crippen LogP contribution >= 0.6 is 0 Å². The summed E-state index contributed by atoms with van der Waals surface area (Å²) < 4.78 is 4.70. The lowest BCUT2D eigenvalue weighted by molar-refractivity contribution is -0.109. The molecular weight excluding hydrogens is 466 g/mol. The number of fused-ring (bicyclic) bond motifs is 1. The Morgan fingerprint density at radius 2 is 1.46 bits per heavy atom. The van der Waals surface area contributed by atoms with E-state index in [1.165, 1.54) is 28.3 Å². The summed E-state index contributed by atoms with van der Waals surface area (Å²) in [5.41, 5.74) is 7.24. The Hall–Kier alpha value is -3.10. The van der Waals surface area contributed by atoms with Gasteiger partial charge in [0.05, 0.1) is 6.10 Å². The largest absolute Gasteiger partial charge is 0.508 e. The van der Waals surface area contributed by atoms with Gasteiger partial charge in [0.1, 0.15) is 18.1 Å². The molecule has 1 aliphatic rings. The van der Waals surface area contributed by atoms with E-state index in [2.05, 4.69) is 72.7 Å². The molecule has 3 aromatic rings. The van der Waals surface area contributed by atoms with Crippen LogP contribution in [0.1, 0.15) is 38.3 Å². The van der Waals surface area contributed by atoms with E-state index in [9.17, 15) is 4.79 Å². The minimum absolute atomic E-state index is 0.0787. The molecule has 7 nitrogen and oxygen atoms in total. The lowest BCUT2D eigenvalue weighted by Crippen LogP contribution is -2.09. The van der Waals surface area contributed by atoms with Crippen LogP contribution in [0.3, 0.4) is 0 Å². The van der Waals surface area contributed by atoms with E-state index in [4.69, 9.17) is 14.6 Å². The number of hydrogen-bond donors (Lipinski definition) is 4. The van der Waals surface area contributed by atoms with Crippen LogP contribution in [-0.4, -0.2) is 57.1 Å². The lowest BCUT2D eigenvalue weighted by Gasteiger charge is -2.02. The zero-order chi connectivity index (χ0) is 27.9. The average Bonchev–Trinajstić information content (AvgIpc) is 3.65. The summed E-state index contributed by atoms with van der Waals surface area (Å²) in [6.45, 7) is 8.18. The van der Waals surface area contributed by atoms with E-state index in [1.807, 2.05) is 33.2 Å². The van der Waals surface area contributed by atoms with Gasteiger partial charge in [-0.25, -0.2) is 0 Å². The molecule has 37 heavy (non-hydrogen) atoms. The van der Waals surface area contributed by atoms with Crippen LogP contribution in [0.15, 0.2) is 66.7 Å². The molecule has 1 fully saturated rings. The van der Waals surface area contributed by atoms with E-state index < -0.39 is 0 Å². The van der Waals surface area contributed by atoms with Crippen LogP contribution in [0.2, 0.25) is 0 Å². The molecule has 2 atom stereocenters. The minimum atomic E-state index is -0.0787. The van der Waals surface area contributed by atoms with Gasteiger partial charge in [-0.2, -0.15) is 0 Å². The molecule has 3 aromatic carbocycles. The summed E-state index contributed by atoms with van der Waals surface area (Å²) in [5.74, 6) is 0.332. The molecule has 204 valence electrons. The monoisotopic (exact) mass is 511 g/mol. The maximum absolute atomic E-state index is 9.65. The molecule has 0 amide bonds. The van der Waals surface area contributed by atoms with Crippen molar-refractivity contribution in [3.8, 4) is 5.75 Å². The van der Waals surface area contributed by atoms with Gasteiger partial charge in [0.15, 0.2) is 6.29 Å². The molecule has 0 radical (unpaired) electrons. The maximum atomic E-state index is 9.65. The topological polar surface area (TPSA) is 117 Å². The standard InChI is InChI=1S/C12H13N.C9H13NO.C4H6O2.C3H8.C2H5NO/c1-13-9-10-6-7-11-4-2-3-5-12(11)8-10;1-10-7-6-8-2-4-9(11)5-3-8;1-3-4(2-5)6-3;1-3-2;3-1-2-4/h2-8,13H,9H2,1H3;2-5,10-11H,6-7H2,1H3;2-4H,1H3;3H2,1-2H3;2H,1,3H2/t;;3-,4-;;/m..1../s1. The van der Waals surface area contributed by atoms with Crippen molar-refractivity contribution < 1.29 is 19.4 Å². The van der Waals surface area contributed by atoms with Gasteiger partial charge >= 0.3 is 0 Å². The fourth-order valence-electron chi connectivity index (χ4n) is 2.83. The molecule has 0 bridgehead atoms. The van der Waals surface area contributed by atoms with Crippen LogP contribution in [0.25, 0.3) is 10.8 Å². The molecule has 0 aromatic heterocycles. The Bertz CT molecular complexity index is 980. The summed E-state index contributed by atoms with van der Waals surface area (Å²) in [6, 6.07) is 22.3. The SMILES string of the molecule is CCC.CNCCc1ccc(O)cc1.CNCc1ccc2ccccc2c1.C[C@H]1O[C@@H]1C=O.NCC=O. The molecule has 0 saturated carbocycles. The number of phenolic OH excluding ortho intramolecular Hbond substituents is 1. The number of nitrogens with two attached hydrogens (primary N) is 1. The minimum Gasteiger partial charge on any atom is -0.508 e. The molecular formula is C30H45N3O4. The second-order valence-electron chi connectivity index (χ2n) is 8.28. The maximum Gasteiger partial charge on any atom is 0.151 e. The highest BCUT2D eigenvalue weighted by molar-refractivity contribution is 5.82. The van der Waals surface area contributed by atoms with Gasteiger partial charge in [0, 0.05) is 13.1 Å². The summed E-state index contributed by atoms with van der Waals surface area (Å²) in [7, 11) is 3.90. The van der Waals surface area contributed by atoms with Crippen molar-refractivity contribution in [1.82, 2.24) is 10.6 Å². The average molecular weight is 512 g/mol. The number of nitrogens with one attached hydrogen (secondary N) is 2. The summed E-state index contributed by atoms with van der Waals surface area (Å²) in [5, 5.41) is 17.8. The molecule has 1 heterocycles. The van der Waals surface area contributed by atoms with Crippen LogP contribution in [0.4, 0.5) is 0 Å². The van der Waals surface area contributed by atoms with Crippen LogP contribution in [-0.2, 0) is 27.3 Å². The first kappa shape index (κ1) is 33.9. The number of carbonyl (C=O) groups excluding carboxylic acids is 2. The number of epoxide rings is 1. The molecule has 0 spiro atoms. The molecule has 0 aliphatic carbocycles. The summed E-state index contributed by atoms with van der Waals surface area (Å²) in [4.78, 5) is 18.7. The molecule has 5 N–H and O–H groups in total. The van der Waals surface area contributed by atoms with Gasteiger partial charge in [-0.05, 0) is 74.1 Å². The highest BCUT2D eigenvalue weighted by Crippen LogP contribution is 2.17. The number of likely N-dealkylation sites (N-methyl/N-ethyl adjacent to an activating group) is 1.